The first-order valence-electron chi connectivity index (χ1n) is 6.77. The number of halogens is 1. The summed E-state index contributed by atoms with van der Waals surface area (Å²) in [6.45, 7) is 2.42. The van der Waals surface area contributed by atoms with Crippen LogP contribution in [0.4, 0.5) is 4.39 Å². The number of hydrogen-bond donors (Lipinski definition) is 2. The average Bonchev–Trinajstić information content (AvgIpc) is 2.79. The molecule has 19 heavy (non-hydrogen) atoms. The molecule has 0 saturated carbocycles. The van der Waals surface area contributed by atoms with Gasteiger partial charge >= 0.3 is 0 Å². The molecule has 0 aliphatic carbocycles. The van der Waals surface area contributed by atoms with Crippen molar-refractivity contribution < 1.29 is 9.50 Å². The molecule has 1 aromatic carbocycles. The first-order chi connectivity index (χ1) is 9.29. The van der Waals surface area contributed by atoms with Gasteiger partial charge < -0.3 is 10.4 Å². The number of aromatic nitrogens is 2. The molecule has 2 heterocycles. The van der Waals surface area contributed by atoms with Crippen molar-refractivity contribution in [2.75, 3.05) is 19.7 Å². The van der Waals surface area contributed by atoms with Gasteiger partial charge in [0.2, 0.25) is 0 Å². The maximum Gasteiger partial charge on any atom is 0.125 e. The monoisotopic (exact) mass is 263 g/mol. The van der Waals surface area contributed by atoms with Gasteiger partial charge in [-0.3, -0.25) is 4.68 Å². The van der Waals surface area contributed by atoms with Crippen LogP contribution in [0.1, 0.15) is 24.5 Å². The van der Waals surface area contributed by atoms with E-state index < -0.39 is 0 Å². The van der Waals surface area contributed by atoms with Gasteiger partial charge in [-0.05, 0) is 44.1 Å². The fraction of sp³-hybridized carbons (Fsp3) is 0.500. The van der Waals surface area contributed by atoms with E-state index in [0.717, 1.165) is 42.5 Å². The molecule has 0 amide bonds. The number of aliphatic hydroxyl groups excluding tert-OH is 1. The number of piperidine rings is 1. The molecule has 2 N–H and O–H groups in total. The lowest BCUT2D eigenvalue weighted by molar-refractivity contribution is 0.271. The molecule has 0 bridgehead atoms. The van der Waals surface area contributed by atoms with E-state index in [1.807, 2.05) is 6.07 Å². The molecule has 1 fully saturated rings. The minimum atomic E-state index is -0.261. The predicted octanol–water partition coefficient (Wildman–Crippen LogP) is 1.63. The van der Waals surface area contributed by atoms with E-state index in [1.54, 1.807) is 4.68 Å². The summed E-state index contributed by atoms with van der Waals surface area (Å²) < 4.78 is 15.1. The SMILES string of the molecule is OCCn1nc(C2CCNCC2)c2ccc(F)cc21. The normalized spacial score (nSPS) is 17.2. The van der Waals surface area contributed by atoms with Crippen molar-refractivity contribution in [2.24, 2.45) is 0 Å². The van der Waals surface area contributed by atoms with Crippen LogP contribution in [-0.4, -0.2) is 34.6 Å². The van der Waals surface area contributed by atoms with Gasteiger partial charge in [0.25, 0.3) is 0 Å². The molecule has 3 rings (SSSR count). The van der Waals surface area contributed by atoms with Crippen LogP contribution in [-0.2, 0) is 6.54 Å². The standard InChI is InChI=1S/C14H18FN3O/c15-11-1-2-12-13(9-11)18(7-8-19)17-14(12)10-3-5-16-6-4-10/h1-2,9-10,16,19H,3-8H2. The van der Waals surface area contributed by atoms with Crippen molar-refractivity contribution in [3.63, 3.8) is 0 Å². The molecule has 5 heteroatoms. The predicted molar refractivity (Wildman–Crippen MR) is 71.6 cm³/mol. The lowest BCUT2D eigenvalue weighted by Crippen LogP contribution is -2.27. The van der Waals surface area contributed by atoms with Gasteiger partial charge in [-0.2, -0.15) is 5.10 Å². The highest BCUT2D eigenvalue weighted by molar-refractivity contribution is 5.82. The van der Waals surface area contributed by atoms with E-state index in [-0.39, 0.29) is 12.4 Å². The van der Waals surface area contributed by atoms with E-state index in [0.29, 0.717) is 12.5 Å². The van der Waals surface area contributed by atoms with Crippen LogP contribution in [0.25, 0.3) is 10.9 Å². The highest BCUT2D eigenvalue weighted by Gasteiger charge is 2.21. The zero-order valence-corrected chi connectivity index (χ0v) is 10.8. The van der Waals surface area contributed by atoms with E-state index >= 15 is 0 Å². The second-order valence-corrected chi connectivity index (χ2v) is 5.02. The zero-order chi connectivity index (χ0) is 13.2. The lowest BCUT2D eigenvalue weighted by Gasteiger charge is -2.21. The number of nitrogens with zero attached hydrogens (tertiary/aromatic N) is 2. The molecule has 102 valence electrons. The zero-order valence-electron chi connectivity index (χ0n) is 10.8. The fourth-order valence-electron chi connectivity index (χ4n) is 2.83. The smallest absolute Gasteiger partial charge is 0.125 e. The Morgan fingerprint density at radius 2 is 2.16 bits per heavy atom. The molecule has 0 radical (unpaired) electrons. The van der Waals surface area contributed by atoms with Crippen molar-refractivity contribution in [1.82, 2.24) is 15.1 Å². The number of benzene rings is 1. The summed E-state index contributed by atoms with van der Waals surface area (Å²) in [5.74, 6) is 0.164. The Labute approximate surface area is 111 Å². The molecule has 0 atom stereocenters. The van der Waals surface area contributed by atoms with E-state index in [2.05, 4.69) is 10.4 Å². The molecule has 2 aromatic rings. The van der Waals surface area contributed by atoms with Crippen molar-refractivity contribution in [3.8, 4) is 0 Å². The molecule has 0 spiro atoms. The highest BCUT2D eigenvalue weighted by atomic mass is 19.1. The minimum Gasteiger partial charge on any atom is -0.394 e. The van der Waals surface area contributed by atoms with Crippen LogP contribution in [0.3, 0.4) is 0 Å². The highest BCUT2D eigenvalue weighted by Crippen LogP contribution is 2.31. The Hall–Kier alpha value is -1.46. The van der Waals surface area contributed by atoms with Crippen LogP contribution in [0.15, 0.2) is 18.2 Å². The van der Waals surface area contributed by atoms with Gasteiger partial charge in [-0.15, -0.1) is 0 Å². The Balaban J connectivity index is 2.08. The van der Waals surface area contributed by atoms with Crippen LogP contribution in [0, 0.1) is 5.82 Å². The van der Waals surface area contributed by atoms with Gasteiger partial charge in [-0.1, -0.05) is 0 Å². The molecule has 1 aliphatic heterocycles. The Kier molecular flexibility index (Phi) is 3.48. The Bertz CT molecular complexity index is 575. The van der Waals surface area contributed by atoms with Gasteiger partial charge in [0.15, 0.2) is 0 Å². The lowest BCUT2D eigenvalue weighted by atomic mass is 9.92. The number of fused-ring (bicyclic) bond motifs is 1. The number of aliphatic hydroxyl groups is 1. The van der Waals surface area contributed by atoms with E-state index in [9.17, 15) is 4.39 Å². The largest absolute Gasteiger partial charge is 0.394 e. The molecule has 0 unspecified atom stereocenters. The molecule has 1 aliphatic rings. The summed E-state index contributed by atoms with van der Waals surface area (Å²) >= 11 is 0. The van der Waals surface area contributed by atoms with Crippen LogP contribution < -0.4 is 5.32 Å². The Morgan fingerprint density at radius 3 is 2.89 bits per heavy atom. The molecular weight excluding hydrogens is 245 g/mol. The number of hydrogen-bond acceptors (Lipinski definition) is 3. The summed E-state index contributed by atoms with van der Waals surface area (Å²) in [7, 11) is 0. The maximum absolute atomic E-state index is 13.4. The van der Waals surface area contributed by atoms with Crippen molar-refractivity contribution in [2.45, 2.75) is 25.3 Å². The second-order valence-electron chi connectivity index (χ2n) is 5.02. The van der Waals surface area contributed by atoms with Crippen LogP contribution in [0.5, 0.6) is 0 Å². The third-order valence-electron chi connectivity index (χ3n) is 3.78. The maximum atomic E-state index is 13.4. The van der Waals surface area contributed by atoms with Crippen molar-refractivity contribution in [3.05, 3.63) is 29.7 Å². The summed E-state index contributed by atoms with van der Waals surface area (Å²) in [6, 6.07) is 4.79. The third-order valence-corrected chi connectivity index (χ3v) is 3.78. The number of nitrogens with one attached hydrogen (secondary N) is 1. The van der Waals surface area contributed by atoms with E-state index in [4.69, 9.17) is 5.11 Å². The topological polar surface area (TPSA) is 50.1 Å². The number of rotatable bonds is 3. The molecular formula is C14H18FN3O. The van der Waals surface area contributed by atoms with Crippen molar-refractivity contribution >= 4 is 10.9 Å². The first kappa shape index (κ1) is 12.6. The van der Waals surface area contributed by atoms with Crippen LogP contribution in [0.2, 0.25) is 0 Å². The average molecular weight is 263 g/mol. The summed E-state index contributed by atoms with van der Waals surface area (Å²) in [4.78, 5) is 0. The second kappa shape index (κ2) is 5.27. The fourth-order valence-corrected chi connectivity index (χ4v) is 2.83. The Morgan fingerprint density at radius 1 is 1.37 bits per heavy atom. The molecule has 1 aromatic heterocycles. The third kappa shape index (κ3) is 2.35. The van der Waals surface area contributed by atoms with Gasteiger partial charge in [0.05, 0.1) is 24.4 Å². The van der Waals surface area contributed by atoms with Gasteiger partial charge in [0.1, 0.15) is 5.82 Å². The minimum absolute atomic E-state index is 0.0129. The molecule has 4 nitrogen and oxygen atoms in total. The van der Waals surface area contributed by atoms with E-state index in [1.165, 1.54) is 12.1 Å². The first-order valence-corrected chi connectivity index (χ1v) is 6.77. The summed E-state index contributed by atoms with van der Waals surface area (Å²) in [6.07, 6.45) is 2.12. The van der Waals surface area contributed by atoms with Gasteiger partial charge in [0, 0.05) is 11.3 Å². The van der Waals surface area contributed by atoms with Crippen LogP contribution >= 0.6 is 0 Å². The van der Waals surface area contributed by atoms with Crippen molar-refractivity contribution in [1.29, 1.82) is 0 Å². The molecule has 1 saturated heterocycles. The summed E-state index contributed by atoms with van der Waals surface area (Å²) in [5, 5.41) is 18.1. The van der Waals surface area contributed by atoms with Gasteiger partial charge in [-0.25, -0.2) is 4.39 Å². The summed E-state index contributed by atoms with van der Waals surface area (Å²) in [5.41, 5.74) is 1.83. The quantitative estimate of drug-likeness (QED) is 0.885.